The van der Waals surface area contributed by atoms with Crippen LogP contribution in [0.4, 0.5) is 0 Å². The van der Waals surface area contributed by atoms with E-state index >= 15 is 0 Å². The van der Waals surface area contributed by atoms with Gasteiger partial charge in [0, 0.05) is 20.6 Å². The molecule has 96 valence electrons. The molecule has 0 aliphatic heterocycles. The lowest BCUT2D eigenvalue weighted by Gasteiger charge is -2.13. The van der Waals surface area contributed by atoms with Crippen LogP contribution in [0.1, 0.15) is 12.0 Å². The van der Waals surface area contributed by atoms with E-state index in [1.54, 1.807) is 24.3 Å². The van der Waals surface area contributed by atoms with Crippen molar-refractivity contribution in [3.63, 3.8) is 0 Å². The second kappa shape index (κ2) is 6.14. The number of hydrogen-bond donors (Lipinski definition) is 0. The Morgan fingerprint density at radius 2 is 1.65 bits per heavy atom. The van der Waals surface area contributed by atoms with E-state index in [4.69, 9.17) is 9.47 Å². The number of aryl methyl sites for hydroxylation is 1. The molecule has 1 aromatic rings. The van der Waals surface area contributed by atoms with E-state index in [-0.39, 0.29) is 5.75 Å². The maximum atomic E-state index is 12.0. The van der Waals surface area contributed by atoms with Crippen LogP contribution in [0.2, 0.25) is 0 Å². The number of methoxy groups -OCH3 is 2. The molecule has 0 N–H and O–H groups in total. The van der Waals surface area contributed by atoms with Crippen molar-refractivity contribution in [3.8, 4) is 0 Å². The summed E-state index contributed by atoms with van der Waals surface area (Å²) in [6.45, 7) is 1.92. The first-order valence-corrected chi connectivity index (χ1v) is 7.00. The van der Waals surface area contributed by atoms with Crippen LogP contribution in [0.25, 0.3) is 0 Å². The maximum absolute atomic E-state index is 12.0. The molecule has 0 aliphatic rings. The van der Waals surface area contributed by atoms with E-state index < -0.39 is 16.1 Å². The maximum Gasteiger partial charge on any atom is 0.178 e. The molecular formula is C12H18O4S. The van der Waals surface area contributed by atoms with Gasteiger partial charge in [0.2, 0.25) is 0 Å². The molecule has 1 rings (SSSR count). The molecule has 1 aromatic carbocycles. The van der Waals surface area contributed by atoms with E-state index in [0.717, 1.165) is 5.56 Å². The standard InChI is InChI=1S/C12H18O4S/c1-10-4-6-11(7-5-10)17(13,14)9-8-12(15-2)16-3/h4-7,12H,8-9H2,1-3H3. The Balaban J connectivity index is 2.72. The minimum Gasteiger partial charge on any atom is -0.356 e. The van der Waals surface area contributed by atoms with E-state index in [0.29, 0.717) is 11.3 Å². The van der Waals surface area contributed by atoms with Crippen molar-refractivity contribution in [1.29, 1.82) is 0 Å². The lowest BCUT2D eigenvalue weighted by Crippen LogP contribution is -2.18. The molecule has 0 radical (unpaired) electrons. The molecule has 0 saturated heterocycles. The Hall–Kier alpha value is -0.910. The van der Waals surface area contributed by atoms with Gasteiger partial charge >= 0.3 is 0 Å². The highest BCUT2D eigenvalue weighted by Gasteiger charge is 2.17. The fourth-order valence-electron chi connectivity index (χ4n) is 1.45. The normalized spacial score (nSPS) is 12.0. The summed E-state index contributed by atoms with van der Waals surface area (Å²) in [5, 5.41) is 0. The Morgan fingerprint density at radius 3 is 2.12 bits per heavy atom. The molecule has 0 bridgehead atoms. The van der Waals surface area contributed by atoms with Crippen LogP contribution < -0.4 is 0 Å². The number of hydrogen-bond acceptors (Lipinski definition) is 4. The van der Waals surface area contributed by atoms with Gasteiger partial charge in [-0.2, -0.15) is 0 Å². The molecule has 5 heteroatoms. The van der Waals surface area contributed by atoms with Crippen LogP contribution in [-0.4, -0.2) is 34.7 Å². The van der Waals surface area contributed by atoms with E-state index in [2.05, 4.69) is 0 Å². The van der Waals surface area contributed by atoms with Crippen molar-refractivity contribution in [3.05, 3.63) is 29.8 Å². The first-order valence-electron chi connectivity index (χ1n) is 5.34. The second-order valence-electron chi connectivity index (χ2n) is 3.82. The zero-order valence-electron chi connectivity index (χ0n) is 10.3. The molecular weight excluding hydrogens is 240 g/mol. The molecule has 0 saturated carbocycles. The van der Waals surface area contributed by atoms with Gasteiger partial charge < -0.3 is 9.47 Å². The SMILES string of the molecule is COC(CCS(=O)(=O)c1ccc(C)cc1)OC. The van der Waals surface area contributed by atoms with Crippen molar-refractivity contribution >= 4 is 9.84 Å². The molecule has 0 aliphatic carbocycles. The van der Waals surface area contributed by atoms with Gasteiger partial charge in [-0.05, 0) is 19.1 Å². The van der Waals surface area contributed by atoms with E-state index in [1.165, 1.54) is 14.2 Å². The first kappa shape index (κ1) is 14.2. The average molecular weight is 258 g/mol. The van der Waals surface area contributed by atoms with Crippen LogP contribution in [0.15, 0.2) is 29.2 Å². The molecule has 17 heavy (non-hydrogen) atoms. The van der Waals surface area contributed by atoms with Crippen LogP contribution in [0, 0.1) is 6.92 Å². The quantitative estimate of drug-likeness (QED) is 0.730. The first-order chi connectivity index (χ1) is 7.99. The van der Waals surface area contributed by atoms with Crippen molar-refractivity contribution in [2.75, 3.05) is 20.0 Å². The summed E-state index contributed by atoms with van der Waals surface area (Å²) in [6, 6.07) is 6.83. The van der Waals surface area contributed by atoms with Gasteiger partial charge in [-0.3, -0.25) is 0 Å². The van der Waals surface area contributed by atoms with Gasteiger partial charge in [0.15, 0.2) is 16.1 Å². The van der Waals surface area contributed by atoms with E-state index in [9.17, 15) is 8.42 Å². The van der Waals surface area contributed by atoms with Crippen LogP contribution in [0.3, 0.4) is 0 Å². The number of rotatable bonds is 6. The smallest absolute Gasteiger partial charge is 0.178 e. The van der Waals surface area contributed by atoms with Gasteiger partial charge in [0.25, 0.3) is 0 Å². The zero-order valence-corrected chi connectivity index (χ0v) is 11.2. The van der Waals surface area contributed by atoms with Crippen LogP contribution in [-0.2, 0) is 19.3 Å². The third-order valence-electron chi connectivity index (χ3n) is 2.53. The number of sulfone groups is 1. The fourth-order valence-corrected chi connectivity index (χ4v) is 2.74. The third kappa shape index (κ3) is 4.11. The van der Waals surface area contributed by atoms with Gasteiger partial charge in [-0.1, -0.05) is 17.7 Å². The van der Waals surface area contributed by atoms with Crippen molar-refractivity contribution in [2.24, 2.45) is 0 Å². The lowest BCUT2D eigenvalue weighted by molar-refractivity contribution is -0.102. The Kier molecular flexibility index (Phi) is 5.11. The highest BCUT2D eigenvalue weighted by molar-refractivity contribution is 7.91. The summed E-state index contributed by atoms with van der Waals surface area (Å²) >= 11 is 0. The summed E-state index contributed by atoms with van der Waals surface area (Å²) in [5.74, 6) is 0.0163. The Bertz CT molecular complexity index is 432. The summed E-state index contributed by atoms with van der Waals surface area (Å²) in [4.78, 5) is 0.342. The lowest BCUT2D eigenvalue weighted by atomic mass is 10.2. The predicted octanol–water partition coefficient (Wildman–Crippen LogP) is 1.78. The fraction of sp³-hybridized carbons (Fsp3) is 0.500. The molecule has 0 fully saturated rings. The number of ether oxygens (including phenoxy) is 2. The monoisotopic (exact) mass is 258 g/mol. The minimum atomic E-state index is -3.25. The van der Waals surface area contributed by atoms with Gasteiger partial charge in [0.05, 0.1) is 10.6 Å². The molecule has 4 nitrogen and oxygen atoms in total. The van der Waals surface area contributed by atoms with Crippen LogP contribution >= 0.6 is 0 Å². The highest BCUT2D eigenvalue weighted by atomic mass is 32.2. The largest absolute Gasteiger partial charge is 0.356 e. The van der Waals surface area contributed by atoms with Crippen molar-refractivity contribution < 1.29 is 17.9 Å². The summed E-state index contributed by atoms with van der Waals surface area (Å²) in [7, 11) is -0.267. The molecule has 0 amide bonds. The Labute approximate surface area is 102 Å². The highest BCUT2D eigenvalue weighted by Crippen LogP contribution is 2.14. The summed E-state index contributed by atoms with van der Waals surface area (Å²) in [5.41, 5.74) is 1.04. The van der Waals surface area contributed by atoms with Crippen molar-refractivity contribution in [1.82, 2.24) is 0 Å². The Morgan fingerprint density at radius 1 is 1.12 bits per heavy atom. The van der Waals surface area contributed by atoms with Gasteiger partial charge in [0.1, 0.15) is 0 Å². The van der Waals surface area contributed by atoms with Crippen molar-refractivity contribution in [2.45, 2.75) is 24.5 Å². The second-order valence-corrected chi connectivity index (χ2v) is 5.93. The topological polar surface area (TPSA) is 52.6 Å². The molecule has 0 spiro atoms. The minimum absolute atomic E-state index is 0.0163. The molecule has 0 unspecified atom stereocenters. The molecule has 0 aromatic heterocycles. The zero-order chi connectivity index (χ0) is 12.9. The average Bonchev–Trinajstić information content (AvgIpc) is 2.31. The summed E-state index contributed by atoms with van der Waals surface area (Å²) < 4.78 is 33.9. The van der Waals surface area contributed by atoms with Crippen LogP contribution in [0.5, 0.6) is 0 Å². The molecule has 0 heterocycles. The predicted molar refractivity (Wildman–Crippen MR) is 65.7 cm³/mol. The summed E-state index contributed by atoms with van der Waals surface area (Å²) in [6.07, 6.45) is -0.154. The third-order valence-corrected chi connectivity index (χ3v) is 4.29. The molecule has 0 atom stereocenters. The number of benzene rings is 1. The van der Waals surface area contributed by atoms with Gasteiger partial charge in [-0.15, -0.1) is 0 Å². The van der Waals surface area contributed by atoms with Gasteiger partial charge in [-0.25, -0.2) is 8.42 Å². The van der Waals surface area contributed by atoms with E-state index in [1.807, 2.05) is 6.92 Å².